The molecule has 0 radical (unpaired) electrons. The highest BCUT2D eigenvalue weighted by molar-refractivity contribution is 8.00. The average molecular weight is 695 g/mol. The van der Waals surface area contributed by atoms with Gasteiger partial charge in [0.1, 0.15) is 0 Å². The average Bonchev–Trinajstić information content (AvgIpc) is 3.02. The zero-order valence-corrected chi connectivity index (χ0v) is 25.7. The van der Waals surface area contributed by atoms with Gasteiger partial charge in [-0.2, -0.15) is 59.8 Å². The number of nitrogens with zero attached hydrogens (tertiary/aromatic N) is 12. The summed E-state index contributed by atoms with van der Waals surface area (Å²) in [6.45, 7) is 1.33. The zero-order valence-electron chi connectivity index (χ0n) is 24.0. The van der Waals surface area contributed by atoms with Gasteiger partial charge >= 0.3 is 0 Å². The number of rotatable bonds is 18. The first-order valence-corrected chi connectivity index (χ1v) is 15.6. The molecule has 9 N–H and O–H groups in total. The molecule has 18 nitrogen and oxygen atoms in total. The minimum atomic E-state index is -0.0427. The van der Waals surface area contributed by atoms with Gasteiger partial charge in [-0.3, -0.25) is 0 Å². The van der Waals surface area contributed by atoms with Gasteiger partial charge < -0.3 is 33.1 Å². The highest BCUT2D eigenvalue weighted by Gasteiger charge is 2.11. The molecule has 4 aromatic rings. The predicted molar refractivity (Wildman–Crippen MR) is 165 cm³/mol. The molecule has 0 saturated heterocycles. The van der Waals surface area contributed by atoms with Crippen LogP contribution in [0.25, 0.3) is 0 Å². The number of nitrogens with two attached hydrogens (primary N) is 3. The van der Waals surface area contributed by atoms with Crippen molar-refractivity contribution in [1.82, 2.24) is 59.8 Å². The molecule has 42 heavy (non-hydrogen) atoms. The zero-order chi connectivity index (χ0) is 32.0. The first-order valence-electron chi connectivity index (χ1n) is 13.0. The summed E-state index contributed by atoms with van der Waals surface area (Å²) >= 11 is 21.8. The van der Waals surface area contributed by atoms with Crippen molar-refractivity contribution in [2.24, 2.45) is 0 Å². The van der Waals surface area contributed by atoms with Crippen LogP contribution >= 0.6 is 70.1 Å². The number of hydrogen-bond donors (Lipinski definition) is 6. The van der Waals surface area contributed by atoms with E-state index in [2.05, 4.69) is 92.9 Å². The van der Waals surface area contributed by atoms with Gasteiger partial charge in [-0.1, -0.05) is 35.3 Å². The van der Waals surface area contributed by atoms with Gasteiger partial charge in [0.25, 0.3) is 0 Å². The van der Waals surface area contributed by atoms with E-state index >= 15 is 0 Å². The summed E-state index contributed by atoms with van der Waals surface area (Å²) in [4.78, 5) is 49.1. The lowest BCUT2D eigenvalue weighted by Crippen LogP contribution is -2.11. The first kappa shape index (κ1) is 27.6. The molecule has 222 valence electrons. The second-order valence-corrected chi connectivity index (χ2v) is 11.5. The van der Waals surface area contributed by atoms with Crippen LogP contribution in [0, 0.1) is 0 Å². The second-order valence-electron chi connectivity index (χ2n) is 7.26. The van der Waals surface area contributed by atoms with E-state index in [1.54, 1.807) is 0 Å². The molecule has 0 aliphatic carbocycles. The lowest BCUT2D eigenvalue weighted by Gasteiger charge is -2.09. The van der Waals surface area contributed by atoms with Gasteiger partial charge in [-0.15, -0.1) is 0 Å². The molecule has 0 atom stereocenters. The smallest absolute Gasteiger partial charge is 0.228 e. The van der Waals surface area contributed by atoms with Crippen LogP contribution in [0.1, 0.15) is 0 Å². The Kier molecular flexibility index (Phi) is 10.4. The van der Waals surface area contributed by atoms with Crippen molar-refractivity contribution in [3.8, 4) is 0 Å². The van der Waals surface area contributed by atoms with Crippen LogP contribution in [0.5, 0.6) is 0 Å². The Labute approximate surface area is 270 Å². The van der Waals surface area contributed by atoms with E-state index in [9.17, 15) is 0 Å². The van der Waals surface area contributed by atoms with Crippen LogP contribution < -0.4 is 33.1 Å². The van der Waals surface area contributed by atoms with E-state index in [-0.39, 0.29) is 51.5 Å². The Morgan fingerprint density at radius 1 is 0.476 bits per heavy atom. The molecule has 0 amide bonds. The highest BCUT2D eigenvalue weighted by atomic mass is 35.5. The standard InChI is InChI=1S/C18H21Cl3N18S3/c19-7-28-10(22)34-13(31-7)25-1-4-40-16-37-17(41-5-2-26-14-32-8(20)29-11(23)35-14)39-18(38-16)42-6-3-27-15-33-9(21)30-12(24)36-15/h1-6H2,(H3,22,25,28,31,34)(H3,23,26,29,32,35)(H3,24,27,30,33,36)/i/hD3. The fourth-order valence-electron chi connectivity index (χ4n) is 2.72. The largest absolute Gasteiger partial charge is 0.368 e. The Morgan fingerprint density at radius 2 is 0.786 bits per heavy atom. The second kappa shape index (κ2) is 15.8. The minimum Gasteiger partial charge on any atom is -0.368 e. The third-order valence-electron chi connectivity index (χ3n) is 4.25. The summed E-state index contributed by atoms with van der Waals surface area (Å²) in [7, 11) is 0. The van der Waals surface area contributed by atoms with Crippen molar-refractivity contribution < 1.29 is 4.24 Å². The van der Waals surface area contributed by atoms with Crippen LogP contribution in [0.2, 0.25) is 20.1 Å². The number of halogens is 3. The highest BCUT2D eigenvalue weighted by Crippen LogP contribution is 2.23. The molecule has 4 heterocycles. The molecule has 0 spiro atoms. The van der Waals surface area contributed by atoms with Gasteiger partial charge in [0.15, 0.2) is 19.7 Å². The maximum atomic E-state index is 7.19. The molecule has 0 aromatic carbocycles. The number of aromatic nitrogens is 12. The molecule has 0 unspecified atom stereocenters. The molecule has 4 rings (SSSR count). The number of nitrogens with one attached hydrogen (secondary N) is 3. The SMILES string of the molecule is [2H]Nc1nc(Cl)nc(NCCSc2nc(SCCNc3nc(Cl)nc(N[2H])n3)nc(SCCNc3nc(Cl)nc(N[2H])n3)n2)n1. The van der Waals surface area contributed by atoms with E-state index in [1.165, 1.54) is 35.3 Å². The number of hydrogen-bond acceptors (Lipinski definition) is 21. The summed E-state index contributed by atoms with van der Waals surface area (Å²) in [6.07, 6.45) is 0. The maximum absolute atomic E-state index is 7.19. The first-order chi connectivity index (χ1) is 21.8. The maximum Gasteiger partial charge on any atom is 0.228 e. The lowest BCUT2D eigenvalue weighted by molar-refractivity contribution is 0.717. The van der Waals surface area contributed by atoms with Crippen molar-refractivity contribution in [2.45, 2.75) is 15.5 Å². The van der Waals surface area contributed by atoms with Gasteiger partial charge in [-0.05, 0) is 34.8 Å². The molecule has 0 aliphatic heterocycles. The number of thioether (sulfide) groups is 3. The number of anilines is 6. The molecule has 0 fully saturated rings. The molecule has 0 bridgehead atoms. The Bertz CT molecular complexity index is 1380. The molecule has 0 saturated carbocycles. The topological polar surface area (TPSA) is 269 Å². The third kappa shape index (κ3) is 10.9. The van der Waals surface area contributed by atoms with E-state index in [1.807, 2.05) is 0 Å². The van der Waals surface area contributed by atoms with E-state index in [0.29, 0.717) is 52.4 Å². The van der Waals surface area contributed by atoms with Gasteiger partial charge in [0.05, 0.1) is 0 Å². The van der Waals surface area contributed by atoms with Crippen LogP contribution in [0.4, 0.5) is 35.7 Å². The fourth-order valence-corrected chi connectivity index (χ4v) is 5.44. The van der Waals surface area contributed by atoms with E-state index in [0.717, 1.165) is 0 Å². The van der Waals surface area contributed by atoms with Crippen molar-refractivity contribution >= 4 is 106 Å². The van der Waals surface area contributed by atoms with Crippen molar-refractivity contribution in [3.63, 3.8) is 0 Å². The van der Waals surface area contributed by atoms with Crippen LogP contribution in [0.3, 0.4) is 0 Å². The Balaban J connectivity index is 1.34. The predicted octanol–water partition coefficient (Wildman–Crippen LogP) is 1.75. The summed E-state index contributed by atoms with van der Waals surface area (Å²) in [5, 5.41) is 10.5. The minimum absolute atomic E-state index is 0.0223. The summed E-state index contributed by atoms with van der Waals surface area (Å²) in [6, 6.07) is 0. The van der Waals surface area contributed by atoms with Crippen molar-refractivity contribution in [2.75, 3.05) is 70.0 Å². The molecular formula is C18H21Cl3N18S3. The normalized spacial score (nSPS) is 11.6. The summed E-state index contributed by atoms with van der Waals surface area (Å²) < 4.78 is 21.6. The Hall–Kier alpha value is -3.24. The van der Waals surface area contributed by atoms with Crippen LogP contribution in [-0.2, 0) is 0 Å². The van der Waals surface area contributed by atoms with Crippen molar-refractivity contribution in [1.29, 1.82) is 0 Å². The van der Waals surface area contributed by atoms with Gasteiger partial charge in [-0.25, -0.2) is 0 Å². The fraction of sp³-hybridized carbons (Fsp3) is 0.333. The van der Waals surface area contributed by atoms with Crippen LogP contribution in [-0.4, -0.2) is 96.7 Å². The lowest BCUT2D eigenvalue weighted by atomic mass is 10.7. The summed E-state index contributed by atoms with van der Waals surface area (Å²) in [5.74, 6) is 2.39. The quantitative estimate of drug-likeness (QED) is 0.0639. The van der Waals surface area contributed by atoms with E-state index in [4.69, 9.17) is 39.0 Å². The van der Waals surface area contributed by atoms with Gasteiger partial charge in [0, 0.05) is 36.9 Å². The number of nitrogen functional groups attached to an aromatic ring is 3. The van der Waals surface area contributed by atoms with Gasteiger partial charge in [0.2, 0.25) is 51.5 Å². The molecular weight excluding hydrogens is 671 g/mol. The van der Waals surface area contributed by atoms with Crippen molar-refractivity contribution in [3.05, 3.63) is 15.9 Å². The van der Waals surface area contributed by atoms with Crippen LogP contribution in [0.15, 0.2) is 15.5 Å². The molecule has 0 aliphatic rings. The molecule has 24 heteroatoms. The monoisotopic (exact) mass is 693 g/mol. The molecule has 4 aromatic heterocycles. The third-order valence-corrected chi connectivity index (χ3v) is 7.30. The Morgan fingerprint density at radius 3 is 1.07 bits per heavy atom. The summed E-state index contributed by atoms with van der Waals surface area (Å²) in [5.41, 5.74) is 6.23. The van der Waals surface area contributed by atoms with E-state index < -0.39 is 0 Å².